The molecular formula is C28H30N2O4. The molecule has 34 heavy (non-hydrogen) atoms. The Labute approximate surface area is 200 Å². The van der Waals surface area contributed by atoms with Crippen LogP contribution in [0.15, 0.2) is 72.8 Å². The van der Waals surface area contributed by atoms with Crippen molar-refractivity contribution in [2.45, 2.75) is 50.4 Å². The van der Waals surface area contributed by atoms with Crippen LogP contribution in [0, 0.1) is 0 Å². The summed E-state index contributed by atoms with van der Waals surface area (Å²) in [6.45, 7) is 0.888. The van der Waals surface area contributed by atoms with Gasteiger partial charge in [0.05, 0.1) is 12.7 Å². The highest BCUT2D eigenvalue weighted by atomic mass is 16.5. The molecule has 0 aliphatic carbocycles. The zero-order valence-electron chi connectivity index (χ0n) is 19.3. The monoisotopic (exact) mass is 458 g/mol. The van der Waals surface area contributed by atoms with Gasteiger partial charge in [0.1, 0.15) is 17.2 Å². The van der Waals surface area contributed by atoms with Gasteiger partial charge < -0.3 is 19.9 Å². The number of hydrogen-bond acceptors (Lipinski definition) is 5. The standard InChI is InChI=1S/C28H30N2O4/c1-33-25-12-14-27(15-13-25)34-26-10-6-21(7-11-26)29-22-16-23-8-9-24(17-22)30(23)18-19-2-4-20(5-3-19)28(31)32/h2-7,10-15,22-24,29H,8-9,16-18H2,1H3,(H,31,32)/t22?,23-,24+. The molecule has 2 N–H and O–H groups in total. The Morgan fingerprint density at radius 3 is 2.00 bits per heavy atom. The molecule has 0 amide bonds. The third kappa shape index (κ3) is 5.02. The maximum atomic E-state index is 11.1. The highest BCUT2D eigenvalue weighted by Gasteiger charge is 2.40. The molecule has 2 aliphatic heterocycles. The van der Waals surface area contributed by atoms with Crippen molar-refractivity contribution in [3.8, 4) is 17.2 Å². The number of carboxylic acids is 1. The Kier molecular flexibility index (Phi) is 6.41. The van der Waals surface area contributed by atoms with Crippen LogP contribution in [0.1, 0.15) is 41.6 Å². The molecule has 1 unspecified atom stereocenters. The number of rotatable bonds is 8. The number of carbonyl (C=O) groups is 1. The maximum absolute atomic E-state index is 11.1. The van der Waals surface area contributed by atoms with E-state index < -0.39 is 5.97 Å². The van der Waals surface area contributed by atoms with E-state index in [-0.39, 0.29) is 0 Å². The summed E-state index contributed by atoms with van der Waals surface area (Å²) in [5, 5.41) is 12.8. The van der Waals surface area contributed by atoms with Gasteiger partial charge in [-0.2, -0.15) is 0 Å². The van der Waals surface area contributed by atoms with Crippen molar-refractivity contribution in [2.24, 2.45) is 0 Å². The van der Waals surface area contributed by atoms with Crippen LogP contribution in [-0.2, 0) is 6.54 Å². The first kappa shape index (κ1) is 22.3. The van der Waals surface area contributed by atoms with Crippen molar-refractivity contribution in [3.05, 3.63) is 83.9 Å². The summed E-state index contributed by atoms with van der Waals surface area (Å²) >= 11 is 0. The largest absolute Gasteiger partial charge is 0.497 e. The van der Waals surface area contributed by atoms with Crippen molar-refractivity contribution in [1.29, 1.82) is 0 Å². The second kappa shape index (κ2) is 9.77. The average molecular weight is 459 g/mol. The van der Waals surface area contributed by atoms with Crippen molar-refractivity contribution in [3.63, 3.8) is 0 Å². The minimum absolute atomic E-state index is 0.343. The van der Waals surface area contributed by atoms with E-state index in [2.05, 4.69) is 22.3 Å². The van der Waals surface area contributed by atoms with Crippen molar-refractivity contribution in [1.82, 2.24) is 4.90 Å². The van der Waals surface area contributed by atoms with E-state index in [0.717, 1.165) is 42.3 Å². The second-order valence-electron chi connectivity index (χ2n) is 9.17. The number of benzene rings is 3. The Hall–Kier alpha value is -3.51. The molecular weight excluding hydrogens is 428 g/mol. The smallest absolute Gasteiger partial charge is 0.335 e. The van der Waals surface area contributed by atoms with Crippen molar-refractivity contribution >= 4 is 11.7 Å². The number of piperidine rings is 1. The van der Waals surface area contributed by atoms with Gasteiger partial charge in [-0.1, -0.05) is 12.1 Å². The summed E-state index contributed by atoms with van der Waals surface area (Å²) < 4.78 is 11.1. The van der Waals surface area contributed by atoms with Crippen LogP contribution in [0.4, 0.5) is 5.69 Å². The van der Waals surface area contributed by atoms with E-state index in [1.807, 2.05) is 48.5 Å². The number of anilines is 1. The van der Waals surface area contributed by atoms with Gasteiger partial charge in [0.25, 0.3) is 0 Å². The molecule has 0 radical (unpaired) electrons. The van der Waals surface area contributed by atoms with Crippen LogP contribution < -0.4 is 14.8 Å². The molecule has 2 heterocycles. The van der Waals surface area contributed by atoms with Gasteiger partial charge in [-0.15, -0.1) is 0 Å². The Balaban J connectivity index is 1.15. The first-order valence-electron chi connectivity index (χ1n) is 11.8. The van der Waals surface area contributed by atoms with Crippen molar-refractivity contribution in [2.75, 3.05) is 12.4 Å². The van der Waals surface area contributed by atoms with Gasteiger partial charge in [0, 0.05) is 30.4 Å². The maximum Gasteiger partial charge on any atom is 0.335 e. The lowest BCUT2D eigenvalue weighted by molar-refractivity contribution is 0.0696. The molecule has 2 aliphatic rings. The van der Waals surface area contributed by atoms with E-state index in [1.54, 1.807) is 19.2 Å². The van der Waals surface area contributed by atoms with E-state index in [1.165, 1.54) is 18.4 Å². The molecule has 6 nitrogen and oxygen atoms in total. The predicted octanol–water partition coefficient (Wildman–Crippen LogP) is 5.79. The zero-order valence-corrected chi connectivity index (χ0v) is 19.3. The molecule has 6 heteroatoms. The summed E-state index contributed by atoms with van der Waals surface area (Å²) in [6, 6.07) is 24.6. The van der Waals surface area contributed by atoms with Crippen LogP contribution >= 0.6 is 0 Å². The number of nitrogens with zero attached hydrogens (tertiary/aromatic N) is 1. The van der Waals surface area contributed by atoms with Gasteiger partial charge in [-0.05, 0) is 91.9 Å². The average Bonchev–Trinajstić information content (AvgIpc) is 3.08. The molecule has 3 aromatic rings. The number of aromatic carboxylic acids is 1. The lowest BCUT2D eigenvalue weighted by atomic mass is 9.96. The molecule has 3 aromatic carbocycles. The molecule has 0 saturated carbocycles. The number of carboxylic acid groups (broad SMARTS) is 1. The van der Waals surface area contributed by atoms with Crippen LogP contribution in [0.2, 0.25) is 0 Å². The molecule has 176 valence electrons. The fraction of sp³-hybridized carbons (Fsp3) is 0.321. The van der Waals surface area contributed by atoms with E-state index in [4.69, 9.17) is 14.6 Å². The number of hydrogen-bond donors (Lipinski definition) is 2. The SMILES string of the molecule is COc1ccc(Oc2ccc(NC3C[C@H]4CC[C@@H](C3)N4Cc3ccc(C(=O)O)cc3)cc2)cc1. The zero-order chi connectivity index (χ0) is 23.5. The Morgan fingerprint density at radius 1 is 0.882 bits per heavy atom. The number of ether oxygens (including phenoxy) is 2. The molecule has 2 bridgehead atoms. The molecule has 3 atom stereocenters. The minimum atomic E-state index is -0.876. The Bertz CT molecular complexity index is 1100. The summed E-state index contributed by atoms with van der Waals surface area (Å²) in [5.41, 5.74) is 2.64. The van der Waals surface area contributed by atoms with Crippen LogP contribution in [0.3, 0.4) is 0 Å². The second-order valence-corrected chi connectivity index (χ2v) is 9.17. The van der Waals surface area contributed by atoms with E-state index in [9.17, 15) is 4.79 Å². The van der Waals surface area contributed by atoms with Crippen LogP contribution in [0.25, 0.3) is 0 Å². The van der Waals surface area contributed by atoms with Crippen molar-refractivity contribution < 1.29 is 19.4 Å². The molecule has 5 rings (SSSR count). The third-order valence-electron chi connectivity index (χ3n) is 6.97. The summed E-state index contributed by atoms with van der Waals surface area (Å²) in [7, 11) is 1.65. The number of nitrogens with one attached hydrogen (secondary N) is 1. The van der Waals surface area contributed by atoms with Gasteiger partial charge in [-0.3, -0.25) is 4.90 Å². The van der Waals surface area contributed by atoms with Gasteiger partial charge in [-0.25, -0.2) is 4.79 Å². The van der Waals surface area contributed by atoms with Crippen LogP contribution in [0.5, 0.6) is 17.2 Å². The minimum Gasteiger partial charge on any atom is -0.497 e. The molecule has 0 spiro atoms. The lowest BCUT2D eigenvalue weighted by Crippen LogP contribution is -2.46. The van der Waals surface area contributed by atoms with Gasteiger partial charge in [0.15, 0.2) is 0 Å². The quantitative estimate of drug-likeness (QED) is 0.445. The third-order valence-corrected chi connectivity index (χ3v) is 6.97. The van der Waals surface area contributed by atoms with Gasteiger partial charge >= 0.3 is 5.97 Å². The Morgan fingerprint density at radius 2 is 1.44 bits per heavy atom. The van der Waals surface area contributed by atoms with Gasteiger partial charge in [0.2, 0.25) is 0 Å². The molecule has 2 saturated heterocycles. The fourth-order valence-electron chi connectivity index (χ4n) is 5.25. The summed E-state index contributed by atoms with van der Waals surface area (Å²) in [4.78, 5) is 13.7. The molecule has 2 fully saturated rings. The number of fused-ring (bicyclic) bond motifs is 2. The number of methoxy groups -OCH3 is 1. The first-order valence-corrected chi connectivity index (χ1v) is 11.8. The fourth-order valence-corrected chi connectivity index (χ4v) is 5.25. The van der Waals surface area contributed by atoms with Crippen LogP contribution in [-0.4, -0.2) is 41.2 Å². The highest BCUT2D eigenvalue weighted by Crippen LogP contribution is 2.38. The summed E-state index contributed by atoms with van der Waals surface area (Å²) in [5.74, 6) is 1.52. The lowest BCUT2D eigenvalue weighted by Gasteiger charge is -2.39. The topological polar surface area (TPSA) is 71.0 Å². The normalized spacial score (nSPS) is 21.7. The van der Waals surface area contributed by atoms with E-state index >= 15 is 0 Å². The summed E-state index contributed by atoms with van der Waals surface area (Å²) in [6.07, 6.45) is 4.69. The van der Waals surface area contributed by atoms with E-state index in [0.29, 0.717) is 23.7 Å². The highest BCUT2D eigenvalue weighted by molar-refractivity contribution is 5.87. The first-order chi connectivity index (χ1) is 16.6. The predicted molar refractivity (Wildman–Crippen MR) is 132 cm³/mol. The molecule has 0 aromatic heterocycles.